The normalized spacial score (nSPS) is 21.2. The van der Waals surface area contributed by atoms with Gasteiger partial charge in [0.1, 0.15) is 0 Å². The van der Waals surface area contributed by atoms with Crippen LogP contribution in [0.3, 0.4) is 0 Å². The SMILES string of the molecule is CN1C(=S)NNN1OC(=S)SN1NNC(=S)N1C. The first kappa shape index (κ1) is 13.9. The summed E-state index contributed by atoms with van der Waals surface area (Å²) in [6.45, 7) is 0. The van der Waals surface area contributed by atoms with E-state index in [9.17, 15) is 0 Å². The molecule has 2 saturated heterocycles. The number of nitrogens with zero attached hydrogens (tertiary/aromatic N) is 4. The summed E-state index contributed by atoms with van der Waals surface area (Å²) < 4.78 is 1.83. The van der Waals surface area contributed by atoms with Gasteiger partial charge in [0, 0.05) is 19.4 Å². The highest BCUT2D eigenvalue weighted by Gasteiger charge is 2.28. The second-order valence-electron chi connectivity index (χ2n) is 3.11. The maximum Gasteiger partial charge on any atom is 0.267 e. The number of rotatable bonds is 2. The molecular formula is C5H10N8OS4. The maximum absolute atomic E-state index is 5.35. The lowest BCUT2D eigenvalue weighted by molar-refractivity contribution is -0.206. The van der Waals surface area contributed by atoms with Crippen molar-refractivity contribution in [2.75, 3.05) is 14.1 Å². The van der Waals surface area contributed by atoms with Crippen LogP contribution < -0.4 is 21.9 Å². The molecule has 2 heterocycles. The van der Waals surface area contributed by atoms with Crippen LogP contribution >= 0.6 is 48.6 Å². The van der Waals surface area contributed by atoms with Crippen molar-refractivity contribution >= 4 is 63.2 Å². The smallest absolute Gasteiger partial charge is 0.267 e. The predicted molar refractivity (Wildman–Crippen MR) is 78.2 cm³/mol. The number of hydrogen-bond donors (Lipinski definition) is 4. The molecule has 18 heavy (non-hydrogen) atoms. The largest absolute Gasteiger partial charge is 0.349 e. The van der Waals surface area contributed by atoms with Crippen LogP contribution in [0.2, 0.25) is 0 Å². The zero-order valence-electron chi connectivity index (χ0n) is 9.33. The summed E-state index contributed by atoms with van der Waals surface area (Å²) in [5, 5.41) is 5.50. The van der Waals surface area contributed by atoms with E-state index in [-0.39, 0.29) is 4.38 Å². The van der Waals surface area contributed by atoms with E-state index in [0.717, 1.165) is 11.9 Å². The molecule has 0 spiro atoms. The Morgan fingerprint density at radius 2 is 1.72 bits per heavy atom. The lowest BCUT2D eigenvalue weighted by atomic mass is 11.0. The Bertz CT molecular complexity index is 358. The molecule has 2 fully saturated rings. The first-order chi connectivity index (χ1) is 8.49. The summed E-state index contributed by atoms with van der Waals surface area (Å²) >= 11 is 16.2. The van der Waals surface area contributed by atoms with Crippen molar-refractivity contribution in [3.63, 3.8) is 0 Å². The van der Waals surface area contributed by atoms with Gasteiger partial charge in [0.15, 0.2) is 0 Å². The third-order valence-corrected chi connectivity index (χ3v) is 3.74. The van der Waals surface area contributed by atoms with Gasteiger partial charge < -0.3 is 4.84 Å². The predicted octanol–water partition coefficient (Wildman–Crippen LogP) is -1.24. The standard InChI is InChI=1S/C5H10N8OS4/c1-10-3(15)6-8-12(10)14-5(17)18-13-9-7-4(16)11(13)2/h8-9H,1-2H3,(H,6,15)(H,7,16). The van der Waals surface area contributed by atoms with Gasteiger partial charge >= 0.3 is 0 Å². The first-order valence-corrected chi connectivity index (χ1v) is 6.57. The van der Waals surface area contributed by atoms with Crippen LogP contribution in [0.4, 0.5) is 0 Å². The van der Waals surface area contributed by atoms with Gasteiger partial charge in [-0.15, -0.1) is 11.1 Å². The van der Waals surface area contributed by atoms with E-state index < -0.39 is 0 Å². The van der Waals surface area contributed by atoms with Crippen molar-refractivity contribution in [3.05, 3.63) is 0 Å². The van der Waals surface area contributed by atoms with E-state index in [1.807, 2.05) is 0 Å². The highest BCUT2D eigenvalue weighted by Crippen LogP contribution is 2.16. The Morgan fingerprint density at radius 1 is 1.11 bits per heavy atom. The van der Waals surface area contributed by atoms with E-state index in [0.29, 0.717) is 10.2 Å². The van der Waals surface area contributed by atoms with Crippen LogP contribution in [-0.4, -0.2) is 48.5 Å². The van der Waals surface area contributed by atoms with Crippen LogP contribution in [-0.2, 0) is 4.84 Å². The molecule has 0 aliphatic carbocycles. The summed E-state index contributed by atoms with van der Waals surface area (Å²) in [7, 11) is 3.50. The molecule has 100 valence electrons. The first-order valence-electron chi connectivity index (χ1n) is 4.57. The quantitative estimate of drug-likeness (QED) is 0.362. The average Bonchev–Trinajstić information content (AvgIpc) is 2.80. The van der Waals surface area contributed by atoms with Gasteiger partial charge in [0.2, 0.25) is 10.2 Å². The van der Waals surface area contributed by atoms with E-state index in [1.54, 1.807) is 28.6 Å². The lowest BCUT2D eigenvalue weighted by Crippen LogP contribution is -2.43. The van der Waals surface area contributed by atoms with Crippen LogP contribution in [0.25, 0.3) is 0 Å². The Balaban J connectivity index is 1.82. The van der Waals surface area contributed by atoms with Gasteiger partial charge in [0.05, 0.1) is 11.9 Å². The summed E-state index contributed by atoms with van der Waals surface area (Å²) in [4.78, 5) is 5.35. The van der Waals surface area contributed by atoms with Crippen molar-refractivity contribution in [3.8, 4) is 0 Å². The van der Waals surface area contributed by atoms with E-state index in [2.05, 4.69) is 21.9 Å². The Labute approximate surface area is 124 Å². The van der Waals surface area contributed by atoms with Crippen LogP contribution in [0, 0.1) is 0 Å². The summed E-state index contributed by atoms with van der Waals surface area (Å²) in [6, 6.07) is 0. The molecule has 2 aliphatic heterocycles. The van der Waals surface area contributed by atoms with Gasteiger partial charge in [-0.2, -0.15) is 0 Å². The molecule has 13 heteroatoms. The highest BCUT2D eigenvalue weighted by atomic mass is 32.2. The van der Waals surface area contributed by atoms with Crippen LogP contribution in [0.15, 0.2) is 0 Å². The second kappa shape index (κ2) is 5.62. The molecule has 0 aromatic carbocycles. The maximum atomic E-state index is 5.35. The number of nitrogens with one attached hydrogen (secondary N) is 4. The van der Waals surface area contributed by atoms with Gasteiger partial charge in [-0.05, 0) is 36.7 Å². The van der Waals surface area contributed by atoms with Gasteiger partial charge in [-0.3, -0.25) is 15.9 Å². The summed E-state index contributed by atoms with van der Waals surface area (Å²) in [6.07, 6.45) is 0. The Hall–Kier alpha value is -0.540. The van der Waals surface area contributed by atoms with E-state index in [4.69, 9.17) is 41.5 Å². The zero-order chi connectivity index (χ0) is 13.3. The fraction of sp³-hybridized carbons (Fsp3) is 0.400. The molecule has 4 N–H and O–H groups in total. The van der Waals surface area contributed by atoms with Gasteiger partial charge in [-0.1, -0.05) is 4.52 Å². The zero-order valence-corrected chi connectivity index (χ0v) is 12.6. The fourth-order valence-corrected chi connectivity index (χ4v) is 2.12. The number of hydrazine groups is 6. The van der Waals surface area contributed by atoms with E-state index in [1.165, 1.54) is 5.28 Å². The summed E-state index contributed by atoms with van der Waals surface area (Å²) in [5.74, 6) is 0. The van der Waals surface area contributed by atoms with Crippen molar-refractivity contribution in [1.29, 1.82) is 0 Å². The van der Waals surface area contributed by atoms with Crippen molar-refractivity contribution in [2.24, 2.45) is 0 Å². The molecule has 2 rings (SSSR count). The Morgan fingerprint density at radius 3 is 2.22 bits per heavy atom. The van der Waals surface area contributed by atoms with Crippen LogP contribution in [0.5, 0.6) is 0 Å². The Kier molecular flexibility index (Phi) is 4.33. The average molecular weight is 326 g/mol. The molecule has 0 aromatic rings. The lowest BCUT2D eigenvalue weighted by Gasteiger charge is -2.24. The van der Waals surface area contributed by atoms with Crippen LogP contribution in [0.1, 0.15) is 0 Å². The number of thiocarbonyl (C=S) groups is 3. The minimum absolute atomic E-state index is 0.242. The molecule has 0 aromatic heterocycles. The molecule has 0 atom stereocenters. The molecule has 0 radical (unpaired) electrons. The molecule has 0 unspecified atom stereocenters. The fourth-order valence-electron chi connectivity index (χ4n) is 0.994. The van der Waals surface area contributed by atoms with Crippen molar-refractivity contribution < 1.29 is 4.84 Å². The summed E-state index contributed by atoms with van der Waals surface area (Å²) in [5.41, 5.74) is 10.9. The third-order valence-electron chi connectivity index (χ3n) is 1.97. The molecule has 0 saturated carbocycles. The van der Waals surface area contributed by atoms with Crippen molar-refractivity contribution in [1.82, 2.24) is 41.7 Å². The molecule has 9 nitrogen and oxygen atoms in total. The molecule has 2 aliphatic rings. The second-order valence-corrected chi connectivity index (χ2v) is 5.41. The minimum Gasteiger partial charge on any atom is -0.349 e. The molecule has 0 bridgehead atoms. The van der Waals surface area contributed by atoms with Crippen molar-refractivity contribution in [2.45, 2.75) is 0 Å². The molecule has 0 amide bonds. The number of hydrogen-bond acceptors (Lipinski definition) is 9. The monoisotopic (exact) mass is 326 g/mol. The van der Waals surface area contributed by atoms with E-state index >= 15 is 0 Å². The molecular weight excluding hydrogens is 316 g/mol. The topological polar surface area (TPSA) is 70.3 Å². The van der Waals surface area contributed by atoms with Gasteiger partial charge in [0.25, 0.3) is 4.38 Å². The van der Waals surface area contributed by atoms with Gasteiger partial charge in [-0.25, -0.2) is 5.01 Å². The highest BCUT2D eigenvalue weighted by molar-refractivity contribution is 8.21. The minimum atomic E-state index is 0.242. The third kappa shape index (κ3) is 2.89.